The van der Waals surface area contributed by atoms with Crippen molar-refractivity contribution in [2.45, 2.75) is 6.92 Å². The average Bonchev–Trinajstić information content (AvgIpc) is 2.31. The zero-order valence-corrected chi connectivity index (χ0v) is 9.58. The van der Waals surface area contributed by atoms with Crippen molar-refractivity contribution in [1.82, 2.24) is 4.90 Å². The number of carbonyl (C=O) groups is 1. The molecule has 1 unspecified atom stereocenters. The van der Waals surface area contributed by atoms with Gasteiger partial charge < -0.3 is 4.90 Å². The van der Waals surface area contributed by atoms with Gasteiger partial charge in [0.25, 0.3) is 5.91 Å². The molecule has 1 aromatic rings. The van der Waals surface area contributed by atoms with E-state index in [0.717, 1.165) is 6.07 Å². The molecule has 5 heteroatoms. The molecule has 1 atom stereocenters. The largest absolute Gasteiger partial charge is 0.340 e. The smallest absolute Gasteiger partial charge is 0.256 e. The third-order valence-corrected chi connectivity index (χ3v) is 2.30. The van der Waals surface area contributed by atoms with Gasteiger partial charge in [-0.25, -0.2) is 8.78 Å². The molecule has 0 aromatic heterocycles. The minimum absolute atomic E-state index is 0.172. The zero-order valence-electron chi connectivity index (χ0n) is 9.58. The summed E-state index contributed by atoms with van der Waals surface area (Å²) in [6.45, 7) is 1.82. The number of hydrogen-bond donors (Lipinski definition) is 0. The van der Waals surface area contributed by atoms with Crippen molar-refractivity contribution in [2.75, 3.05) is 13.6 Å². The fourth-order valence-corrected chi connectivity index (χ4v) is 1.41. The van der Waals surface area contributed by atoms with Crippen LogP contribution in [0.25, 0.3) is 0 Å². The summed E-state index contributed by atoms with van der Waals surface area (Å²) in [6.07, 6.45) is 0. The van der Waals surface area contributed by atoms with Gasteiger partial charge in [0, 0.05) is 13.6 Å². The molecule has 1 rings (SSSR count). The minimum Gasteiger partial charge on any atom is -0.340 e. The Kier molecular flexibility index (Phi) is 4.16. The molecule has 0 heterocycles. The van der Waals surface area contributed by atoms with Gasteiger partial charge in [-0.05, 0) is 19.1 Å². The van der Waals surface area contributed by atoms with Crippen molar-refractivity contribution < 1.29 is 13.6 Å². The quantitative estimate of drug-likeness (QED) is 0.810. The second-order valence-corrected chi connectivity index (χ2v) is 3.82. The van der Waals surface area contributed by atoms with Crippen LogP contribution in [0, 0.1) is 28.9 Å². The Morgan fingerprint density at radius 3 is 2.76 bits per heavy atom. The van der Waals surface area contributed by atoms with Crippen molar-refractivity contribution in [1.29, 1.82) is 5.26 Å². The number of amides is 1. The van der Waals surface area contributed by atoms with Crippen molar-refractivity contribution in [3.05, 3.63) is 35.4 Å². The average molecular weight is 238 g/mol. The van der Waals surface area contributed by atoms with E-state index in [1.807, 2.05) is 6.07 Å². The highest BCUT2D eigenvalue weighted by molar-refractivity contribution is 5.94. The van der Waals surface area contributed by atoms with Gasteiger partial charge in [-0.2, -0.15) is 5.26 Å². The highest BCUT2D eigenvalue weighted by atomic mass is 19.2. The number of halogens is 2. The second kappa shape index (κ2) is 5.39. The van der Waals surface area contributed by atoms with Crippen molar-refractivity contribution in [3.8, 4) is 6.07 Å². The SMILES string of the molecule is CC(C#N)CN(C)C(=O)c1cccc(F)c1F. The highest BCUT2D eigenvalue weighted by Crippen LogP contribution is 2.13. The van der Waals surface area contributed by atoms with Crippen LogP contribution >= 0.6 is 0 Å². The van der Waals surface area contributed by atoms with Gasteiger partial charge in [-0.1, -0.05) is 6.07 Å². The van der Waals surface area contributed by atoms with Gasteiger partial charge in [0.05, 0.1) is 17.6 Å². The van der Waals surface area contributed by atoms with Crippen LogP contribution in [0.4, 0.5) is 8.78 Å². The fourth-order valence-electron chi connectivity index (χ4n) is 1.41. The Morgan fingerprint density at radius 2 is 2.18 bits per heavy atom. The molecule has 90 valence electrons. The lowest BCUT2D eigenvalue weighted by atomic mass is 10.1. The first-order valence-corrected chi connectivity index (χ1v) is 5.06. The van der Waals surface area contributed by atoms with Crippen LogP contribution < -0.4 is 0 Å². The minimum atomic E-state index is -1.16. The van der Waals surface area contributed by atoms with Crippen LogP contribution in [-0.4, -0.2) is 24.4 Å². The maximum Gasteiger partial charge on any atom is 0.256 e. The Hall–Kier alpha value is -1.96. The molecule has 0 aliphatic rings. The zero-order chi connectivity index (χ0) is 13.0. The molecule has 0 N–H and O–H groups in total. The van der Waals surface area contributed by atoms with E-state index in [4.69, 9.17) is 5.26 Å². The van der Waals surface area contributed by atoms with E-state index in [1.165, 1.54) is 24.1 Å². The lowest BCUT2D eigenvalue weighted by Crippen LogP contribution is -2.31. The monoisotopic (exact) mass is 238 g/mol. The van der Waals surface area contributed by atoms with Crippen molar-refractivity contribution >= 4 is 5.91 Å². The first-order chi connectivity index (χ1) is 7.97. The molecule has 0 fully saturated rings. The molecule has 0 saturated carbocycles. The van der Waals surface area contributed by atoms with Crippen LogP contribution in [0.1, 0.15) is 17.3 Å². The summed E-state index contributed by atoms with van der Waals surface area (Å²) < 4.78 is 26.3. The number of hydrogen-bond acceptors (Lipinski definition) is 2. The summed E-state index contributed by atoms with van der Waals surface area (Å²) in [6, 6.07) is 5.40. The molecule has 17 heavy (non-hydrogen) atoms. The number of nitriles is 1. The molecule has 0 aliphatic heterocycles. The van der Waals surface area contributed by atoms with Crippen LogP contribution in [0.5, 0.6) is 0 Å². The normalized spacial score (nSPS) is 11.7. The topological polar surface area (TPSA) is 44.1 Å². The maximum absolute atomic E-state index is 13.3. The van der Waals surface area contributed by atoms with E-state index < -0.39 is 17.5 Å². The van der Waals surface area contributed by atoms with Crippen LogP contribution in [-0.2, 0) is 0 Å². The van der Waals surface area contributed by atoms with E-state index in [-0.39, 0.29) is 18.0 Å². The Bertz CT molecular complexity index is 468. The summed E-state index contributed by atoms with van der Waals surface area (Å²) in [5, 5.41) is 8.61. The van der Waals surface area contributed by atoms with Gasteiger partial charge in [0.2, 0.25) is 0 Å². The number of carbonyl (C=O) groups excluding carboxylic acids is 1. The lowest BCUT2D eigenvalue weighted by Gasteiger charge is -2.18. The highest BCUT2D eigenvalue weighted by Gasteiger charge is 2.19. The second-order valence-electron chi connectivity index (χ2n) is 3.82. The first kappa shape index (κ1) is 13.1. The molecule has 3 nitrogen and oxygen atoms in total. The molecule has 1 aromatic carbocycles. The van der Waals surface area contributed by atoms with Crippen LogP contribution in [0.2, 0.25) is 0 Å². The first-order valence-electron chi connectivity index (χ1n) is 5.06. The van der Waals surface area contributed by atoms with E-state index in [0.29, 0.717) is 0 Å². The predicted octanol–water partition coefficient (Wildman–Crippen LogP) is 2.20. The van der Waals surface area contributed by atoms with Gasteiger partial charge in [-0.15, -0.1) is 0 Å². The molecular weight excluding hydrogens is 226 g/mol. The molecule has 0 spiro atoms. The Balaban J connectivity index is 2.90. The van der Waals surface area contributed by atoms with Gasteiger partial charge >= 0.3 is 0 Å². The summed E-state index contributed by atoms with van der Waals surface area (Å²) >= 11 is 0. The third-order valence-electron chi connectivity index (χ3n) is 2.30. The maximum atomic E-state index is 13.3. The molecule has 0 aliphatic carbocycles. The summed E-state index contributed by atoms with van der Waals surface area (Å²) in [5.41, 5.74) is -0.322. The van der Waals surface area contributed by atoms with Gasteiger partial charge in [0.15, 0.2) is 11.6 Å². The summed E-state index contributed by atoms with van der Waals surface area (Å²) in [5.74, 6) is -3.21. The molecule has 0 radical (unpaired) electrons. The van der Waals surface area contributed by atoms with E-state index in [1.54, 1.807) is 6.92 Å². The standard InChI is InChI=1S/C12H12F2N2O/c1-8(6-15)7-16(2)12(17)9-4-3-5-10(13)11(9)14/h3-5,8H,7H2,1-2H3. The molecule has 0 saturated heterocycles. The van der Waals surface area contributed by atoms with E-state index >= 15 is 0 Å². The van der Waals surface area contributed by atoms with E-state index in [9.17, 15) is 13.6 Å². The summed E-state index contributed by atoms with van der Waals surface area (Å²) in [7, 11) is 1.44. The van der Waals surface area contributed by atoms with Crippen LogP contribution in [0.3, 0.4) is 0 Å². The summed E-state index contributed by atoms with van der Waals surface area (Å²) in [4.78, 5) is 13.0. The number of rotatable bonds is 3. The predicted molar refractivity (Wildman–Crippen MR) is 58.1 cm³/mol. The van der Waals surface area contributed by atoms with Crippen molar-refractivity contribution in [3.63, 3.8) is 0 Å². The molecule has 0 bridgehead atoms. The van der Waals surface area contributed by atoms with Gasteiger partial charge in [0.1, 0.15) is 0 Å². The van der Waals surface area contributed by atoms with Crippen molar-refractivity contribution in [2.24, 2.45) is 5.92 Å². The molecular formula is C12H12F2N2O. The molecule has 1 amide bonds. The fraction of sp³-hybridized carbons (Fsp3) is 0.333. The van der Waals surface area contributed by atoms with Crippen LogP contribution in [0.15, 0.2) is 18.2 Å². The van der Waals surface area contributed by atoms with E-state index in [2.05, 4.69) is 0 Å². The third kappa shape index (κ3) is 3.00. The number of nitrogens with zero attached hydrogens (tertiary/aromatic N) is 2. The lowest BCUT2D eigenvalue weighted by molar-refractivity contribution is 0.0779. The van der Waals surface area contributed by atoms with Gasteiger partial charge in [-0.3, -0.25) is 4.79 Å². The number of benzene rings is 1. The Morgan fingerprint density at radius 1 is 1.53 bits per heavy atom. The Labute approximate surface area is 98.3 Å².